The maximum atomic E-state index is 11.7. The molecule has 4 heteroatoms. The average molecular weight is 267 g/mol. The van der Waals surface area contributed by atoms with E-state index < -0.39 is 5.54 Å². The summed E-state index contributed by atoms with van der Waals surface area (Å²) in [5, 5.41) is 3.43. The fraction of sp³-hybridized carbons (Fsp3) is 0.933. The number of nitrogens with two attached hydrogens (primary N) is 1. The summed E-state index contributed by atoms with van der Waals surface area (Å²) in [6.45, 7) is 9.90. The molecule has 2 fully saturated rings. The van der Waals surface area contributed by atoms with Crippen molar-refractivity contribution >= 4 is 5.91 Å². The lowest BCUT2D eigenvalue weighted by atomic mass is 9.88. The van der Waals surface area contributed by atoms with Crippen molar-refractivity contribution in [2.45, 2.75) is 58.0 Å². The maximum Gasteiger partial charge on any atom is 0.237 e. The summed E-state index contributed by atoms with van der Waals surface area (Å²) in [5.41, 5.74) is 5.06. The van der Waals surface area contributed by atoms with Gasteiger partial charge in [-0.25, -0.2) is 0 Å². The van der Waals surface area contributed by atoms with Crippen molar-refractivity contribution < 1.29 is 4.79 Å². The molecule has 3 unspecified atom stereocenters. The highest BCUT2D eigenvalue weighted by atomic mass is 16.1. The van der Waals surface area contributed by atoms with Crippen LogP contribution in [0.4, 0.5) is 0 Å². The lowest BCUT2D eigenvalue weighted by Gasteiger charge is -2.37. The average Bonchev–Trinajstić information content (AvgIpc) is 3.14. The predicted molar refractivity (Wildman–Crippen MR) is 77.8 cm³/mol. The number of hydrogen-bond donors (Lipinski definition) is 2. The summed E-state index contributed by atoms with van der Waals surface area (Å²) in [7, 11) is 0. The minimum atomic E-state index is -0.534. The third-order valence-electron chi connectivity index (χ3n) is 4.99. The van der Waals surface area contributed by atoms with Gasteiger partial charge in [0.1, 0.15) is 0 Å². The first-order chi connectivity index (χ1) is 8.90. The highest BCUT2D eigenvalue weighted by Gasteiger charge is 2.37. The van der Waals surface area contributed by atoms with Crippen LogP contribution in [-0.4, -0.2) is 42.0 Å². The molecule has 0 aromatic carbocycles. The second-order valence-electron chi connectivity index (χ2n) is 6.91. The summed E-state index contributed by atoms with van der Waals surface area (Å²) in [4.78, 5) is 14.2. The largest absolute Gasteiger partial charge is 0.368 e. The zero-order valence-corrected chi connectivity index (χ0v) is 12.6. The van der Waals surface area contributed by atoms with Crippen LogP contribution in [0.25, 0.3) is 0 Å². The predicted octanol–water partition coefficient (Wildman–Crippen LogP) is 1.35. The summed E-state index contributed by atoms with van der Waals surface area (Å²) in [5.74, 6) is 1.37. The van der Waals surface area contributed by atoms with Crippen molar-refractivity contribution in [3.05, 3.63) is 0 Å². The zero-order chi connectivity index (χ0) is 14.0. The maximum absolute atomic E-state index is 11.7. The second-order valence-corrected chi connectivity index (χ2v) is 6.91. The van der Waals surface area contributed by atoms with Gasteiger partial charge < -0.3 is 16.0 Å². The molecular formula is C15H29N3O. The van der Waals surface area contributed by atoms with Gasteiger partial charge in [0.05, 0.1) is 5.54 Å². The molecule has 110 valence electrons. The lowest BCUT2D eigenvalue weighted by Crippen LogP contribution is -2.55. The first kappa shape index (κ1) is 14.8. The van der Waals surface area contributed by atoms with Gasteiger partial charge in [0.25, 0.3) is 0 Å². The molecule has 1 saturated heterocycles. The van der Waals surface area contributed by atoms with Gasteiger partial charge in [0.15, 0.2) is 0 Å². The molecule has 3 atom stereocenters. The van der Waals surface area contributed by atoms with E-state index in [1.165, 1.54) is 19.3 Å². The second kappa shape index (κ2) is 5.80. The summed E-state index contributed by atoms with van der Waals surface area (Å²) in [6, 6.07) is 0.512. The molecule has 4 nitrogen and oxygen atoms in total. The topological polar surface area (TPSA) is 58.4 Å². The highest BCUT2D eigenvalue weighted by molar-refractivity contribution is 5.84. The van der Waals surface area contributed by atoms with Gasteiger partial charge >= 0.3 is 0 Å². The van der Waals surface area contributed by atoms with Crippen LogP contribution < -0.4 is 11.1 Å². The Hall–Kier alpha value is -0.610. The van der Waals surface area contributed by atoms with Crippen LogP contribution >= 0.6 is 0 Å². The Morgan fingerprint density at radius 1 is 1.32 bits per heavy atom. The quantitative estimate of drug-likeness (QED) is 0.764. The number of rotatable bonds is 6. The zero-order valence-electron chi connectivity index (χ0n) is 12.6. The van der Waals surface area contributed by atoms with E-state index in [2.05, 4.69) is 24.1 Å². The van der Waals surface area contributed by atoms with Gasteiger partial charge in [0, 0.05) is 19.1 Å². The van der Waals surface area contributed by atoms with Gasteiger partial charge in [0.2, 0.25) is 5.91 Å². The van der Waals surface area contributed by atoms with Crippen LogP contribution in [0.2, 0.25) is 0 Å². The first-order valence-electron chi connectivity index (χ1n) is 7.70. The molecular weight excluding hydrogens is 238 g/mol. The first-order valence-corrected chi connectivity index (χ1v) is 7.70. The molecule has 2 aliphatic rings. The molecule has 1 saturated carbocycles. The van der Waals surface area contributed by atoms with Crippen molar-refractivity contribution in [3.63, 3.8) is 0 Å². The van der Waals surface area contributed by atoms with Crippen LogP contribution in [0.5, 0.6) is 0 Å². The normalized spacial score (nSPS) is 31.9. The van der Waals surface area contributed by atoms with Crippen LogP contribution in [0.15, 0.2) is 0 Å². The molecule has 1 aliphatic heterocycles. The smallest absolute Gasteiger partial charge is 0.237 e. The van der Waals surface area contributed by atoms with E-state index in [0.29, 0.717) is 6.04 Å². The number of piperidine rings is 1. The Kier molecular flexibility index (Phi) is 4.51. The molecule has 1 heterocycles. The molecule has 0 radical (unpaired) electrons. The number of likely N-dealkylation sites (tertiary alicyclic amines) is 1. The standard InChI is InChI=1S/C15H29N3O/c1-11-6-8-18(10-12(11)2)9-7-15(3,14(16)19)17-13-4-5-13/h11-13,17H,4-10H2,1-3H3,(H2,16,19). The van der Waals surface area contributed by atoms with Crippen LogP contribution in [0, 0.1) is 11.8 Å². The van der Waals surface area contributed by atoms with Gasteiger partial charge in [-0.3, -0.25) is 4.79 Å². The number of nitrogens with one attached hydrogen (secondary N) is 1. The minimum Gasteiger partial charge on any atom is -0.368 e. The van der Waals surface area contributed by atoms with Crippen molar-refractivity contribution in [1.29, 1.82) is 0 Å². The lowest BCUT2D eigenvalue weighted by molar-refractivity contribution is -0.124. The van der Waals surface area contributed by atoms with E-state index in [9.17, 15) is 4.79 Å². The molecule has 3 N–H and O–H groups in total. The molecule has 1 aliphatic carbocycles. The van der Waals surface area contributed by atoms with E-state index in [1.807, 2.05) is 6.92 Å². The fourth-order valence-electron chi connectivity index (χ4n) is 2.88. The van der Waals surface area contributed by atoms with E-state index in [1.54, 1.807) is 0 Å². The Morgan fingerprint density at radius 2 is 2.00 bits per heavy atom. The molecule has 0 bridgehead atoms. The van der Waals surface area contributed by atoms with E-state index in [4.69, 9.17) is 5.73 Å². The van der Waals surface area contributed by atoms with E-state index in [-0.39, 0.29) is 5.91 Å². The number of nitrogens with zero attached hydrogens (tertiary/aromatic N) is 1. The molecule has 19 heavy (non-hydrogen) atoms. The summed E-state index contributed by atoms with van der Waals surface area (Å²) < 4.78 is 0. The molecule has 0 aromatic heterocycles. The van der Waals surface area contributed by atoms with Gasteiger partial charge in [-0.1, -0.05) is 13.8 Å². The van der Waals surface area contributed by atoms with E-state index in [0.717, 1.165) is 37.9 Å². The monoisotopic (exact) mass is 267 g/mol. The highest BCUT2D eigenvalue weighted by Crippen LogP contribution is 2.26. The number of amides is 1. The van der Waals surface area contributed by atoms with Crippen LogP contribution in [-0.2, 0) is 4.79 Å². The Morgan fingerprint density at radius 3 is 2.53 bits per heavy atom. The number of carbonyl (C=O) groups is 1. The van der Waals surface area contributed by atoms with Crippen molar-refractivity contribution in [2.24, 2.45) is 17.6 Å². The Labute approximate surface area is 117 Å². The van der Waals surface area contributed by atoms with Crippen molar-refractivity contribution in [3.8, 4) is 0 Å². The number of carbonyl (C=O) groups excluding carboxylic acids is 1. The third kappa shape index (κ3) is 3.93. The van der Waals surface area contributed by atoms with Gasteiger partial charge in [-0.05, 0) is 51.0 Å². The summed E-state index contributed by atoms with van der Waals surface area (Å²) >= 11 is 0. The fourth-order valence-corrected chi connectivity index (χ4v) is 2.88. The molecule has 0 aromatic rings. The molecule has 1 amide bonds. The van der Waals surface area contributed by atoms with Crippen LogP contribution in [0.3, 0.4) is 0 Å². The third-order valence-corrected chi connectivity index (χ3v) is 4.99. The number of hydrogen-bond acceptors (Lipinski definition) is 3. The molecule has 0 spiro atoms. The van der Waals surface area contributed by atoms with E-state index >= 15 is 0 Å². The number of primary amides is 1. The van der Waals surface area contributed by atoms with Crippen LogP contribution in [0.1, 0.15) is 46.5 Å². The Bertz CT molecular complexity index is 329. The Balaban J connectivity index is 1.83. The minimum absolute atomic E-state index is 0.210. The van der Waals surface area contributed by atoms with Gasteiger partial charge in [-0.2, -0.15) is 0 Å². The van der Waals surface area contributed by atoms with Gasteiger partial charge in [-0.15, -0.1) is 0 Å². The van der Waals surface area contributed by atoms with Crippen molar-refractivity contribution in [2.75, 3.05) is 19.6 Å². The van der Waals surface area contributed by atoms with Crippen molar-refractivity contribution in [1.82, 2.24) is 10.2 Å². The molecule has 2 rings (SSSR count). The SMILES string of the molecule is CC1CCN(CCC(C)(NC2CC2)C(N)=O)CC1C. The summed E-state index contributed by atoms with van der Waals surface area (Å²) in [6.07, 6.45) is 4.45.